The third-order valence-electron chi connectivity index (χ3n) is 3.12. The van der Waals surface area contributed by atoms with Crippen molar-refractivity contribution in [3.05, 3.63) is 18.3 Å². The van der Waals surface area contributed by atoms with Gasteiger partial charge in [-0.3, -0.25) is 4.79 Å². The van der Waals surface area contributed by atoms with Gasteiger partial charge in [-0.25, -0.2) is 4.98 Å². The summed E-state index contributed by atoms with van der Waals surface area (Å²) in [6, 6.07) is 2.73. The fourth-order valence-electron chi connectivity index (χ4n) is 2.08. The lowest BCUT2D eigenvalue weighted by Gasteiger charge is -2.10. The highest BCUT2D eigenvalue weighted by Gasteiger charge is 2.28. The molecule has 122 valence electrons. The summed E-state index contributed by atoms with van der Waals surface area (Å²) in [5.41, 5.74) is 0.414. The average Bonchev–Trinajstić information content (AvgIpc) is 2.97. The van der Waals surface area contributed by atoms with Gasteiger partial charge in [-0.05, 0) is 25.3 Å². The molecular formula is C14H17F3N2O3. The first kappa shape index (κ1) is 16.5. The van der Waals surface area contributed by atoms with Crippen molar-refractivity contribution in [3.8, 4) is 5.88 Å². The second-order valence-electron chi connectivity index (χ2n) is 5.01. The smallest absolute Gasteiger partial charge is 0.422 e. The van der Waals surface area contributed by atoms with E-state index in [4.69, 9.17) is 4.74 Å². The van der Waals surface area contributed by atoms with Crippen LogP contribution in [0.25, 0.3) is 0 Å². The molecule has 5 nitrogen and oxygen atoms in total. The van der Waals surface area contributed by atoms with E-state index in [-0.39, 0.29) is 17.9 Å². The number of aromatic nitrogens is 1. The van der Waals surface area contributed by atoms with Gasteiger partial charge in [-0.2, -0.15) is 13.2 Å². The van der Waals surface area contributed by atoms with Gasteiger partial charge >= 0.3 is 6.18 Å². The molecule has 0 saturated carbocycles. The Morgan fingerprint density at radius 2 is 2.27 bits per heavy atom. The predicted octanol–water partition coefficient (Wildman–Crippen LogP) is 2.92. The van der Waals surface area contributed by atoms with Crippen molar-refractivity contribution in [3.63, 3.8) is 0 Å². The number of nitrogens with one attached hydrogen (secondary N) is 1. The molecule has 0 aliphatic carbocycles. The quantitative estimate of drug-likeness (QED) is 0.876. The van der Waals surface area contributed by atoms with Gasteiger partial charge in [0.25, 0.3) is 0 Å². The second kappa shape index (κ2) is 7.44. The van der Waals surface area contributed by atoms with Gasteiger partial charge in [0, 0.05) is 19.1 Å². The van der Waals surface area contributed by atoms with E-state index in [2.05, 4.69) is 15.0 Å². The number of carbonyl (C=O) groups is 1. The molecule has 1 aromatic heterocycles. The molecule has 8 heteroatoms. The molecule has 1 saturated heterocycles. The topological polar surface area (TPSA) is 60.5 Å². The zero-order valence-electron chi connectivity index (χ0n) is 11.9. The fraction of sp³-hybridized carbons (Fsp3) is 0.571. The largest absolute Gasteiger partial charge is 0.468 e. The maximum atomic E-state index is 12.0. The van der Waals surface area contributed by atoms with Crippen LogP contribution in [0.3, 0.4) is 0 Å². The van der Waals surface area contributed by atoms with Gasteiger partial charge in [-0.1, -0.05) is 0 Å². The molecule has 1 aliphatic heterocycles. The van der Waals surface area contributed by atoms with Crippen LogP contribution in [0.1, 0.15) is 25.7 Å². The predicted molar refractivity (Wildman–Crippen MR) is 72.6 cm³/mol. The van der Waals surface area contributed by atoms with E-state index < -0.39 is 12.8 Å². The third-order valence-corrected chi connectivity index (χ3v) is 3.12. The molecule has 0 spiro atoms. The number of pyridine rings is 1. The van der Waals surface area contributed by atoms with Crippen LogP contribution < -0.4 is 10.1 Å². The van der Waals surface area contributed by atoms with Crippen molar-refractivity contribution in [2.75, 3.05) is 18.5 Å². The Bertz CT molecular complexity index is 485. The van der Waals surface area contributed by atoms with E-state index in [0.29, 0.717) is 18.5 Å². The molecule has 1 aromatic rings. The minimum absolute atomic E-state index is 0.141. The van der Waals surface area contributed by atoms with Crippen LogP contribution >= 0.6 is 0 Å². The van der Waals surface area contributed by atoms with Gasteiger partial charge in [0.2, 0.25) is 11.8 Å². The van der Waals surface area contributed by atoms with E-state index >= 15 is 0 Å². The maximum Gasteiger partial charge on any atom is 0.422 e. The number of carbonyl (C=O) groups excluding carboxylic acids is 1. The van der Waals surface area contributed by atoms with Crippen molar-refractivity contribution in [2.24, 2.45) is 0 Å². The second-order valence-corrected chi connectivity index (χ2v) is 5.01. The van der Waals surface area contributed by atoms with Crippen LogP contribution in [-0.2, 0) is 9.53 Å². The van der Waals surface area contributed by atoms with Crippen LogP contribution in [0, 0.1) is 0 Å². The zero-order chi connectivity index (χ0) is 16.0. The Kier molecular flexibility index (Phi) is 5.59. The molecule has 1 fully saturated rings. The van der Waals surface area contributed by atoms with E-state index in [1.807, 2.05) is 0 Å². The SMILES string of the molecule is O=C(CC[C@H]1CCCO1)Nc1ccc(OCC(F)(F)F)nc1. The molecule has 22 heavy (non-hydrogen) atoms. The highest BCUT2D eigenvalue weighted by atomic mass is 19.4. The molecular weight excluding hydrogens is 301 g/mol. The summed E-state index contributed by atoms with van der Waals surface area (Å²) in [6.07, 6.45) is -0.0207. The van der Waals surface area contributed by atoms with E-state index in [1.54, 1.807) is 0 Å². The highest BCUT2D eigenvalue weighted by molar-refractivity contribution is 5.90. The number of nitrogens with zero attached hydrogens (tertiary/aromatic N) is 1. The molecule has 1 atom stereocenters. The molecule has 1 N–H and O–H groups in total. The monoisotopic (exact) mass is 318 g/mol. The van der Waals surface area contributed by atoms with Crippen LogP contribution in [0.5, 0.6) is 5.88 Å². The Labute approximate surface area is 125 Å². The number of hydrogen-bond donors (Lipinski definition) is 1. The number of anilines is 1. The lowest BCUT2D eigenvalue weighted by Crippen LogP contribution is -2.19. The van der Waals surface area contributed by atoms with E-state index in [1.165, 1.54) is 18.3 Å². The van der Waals surface area contributed by atoms with Crippen molar-refractivity contribution in [2.45, 2.75) is 38.0 Å². The summed E-state index contributed by atoms with van der Waals surface area (Å²) < 4.78 is 45.9. The van der Waals surface area contributed by atoms with E-state index in [0.717, 1.165) is 19.4 Å². The number of amides is 1. The zero-order valence-corrected chi connectivity index (χ0v) is 11.9. The van der Waals surface area contributed by atoms with Gasteiger partial charge in [0.05, 0.1) is 18.0 Å². The first-order chi connectivity index (χ1) is 10.4. The number of rotatable bonds is 6. The van der Waals surface area contributed by atoms with Gasteiger partial charge in [0.15, 0.2) is 6.61 Å². The Balaban J connectivity index is 1.74. The highest BCUT2D eigenvalue weighted by Crippen LogP contribution is 2.19. The van der Waals surface area contributed by atoms with Gasteiger partial charge < -0.3 is 14.8 Å². The maximum absolute atomic E-state index is 12.0. The lowest BCUT2D eigenvalue weighted by molar-refractivity contribution is -0.154. The summed E-state index contributed by atoms with van der Waals surface area (Å²) in [4.78, 5) is 15.4. The molecule has 0 unspecified atom stereocenters. The molecule has 2 heterocycles. The fourth-order valence-corrected chi connectivity index (χ4v) is 2.08. The summed E-state index contributed by atoms with van der Waals surface area (Å²) in [7, 11) is 0. The van der Waals surface area contributed by atoms with Crippen molar-refractivity contribution in [1.82, 2.24) is 4.98 Å². The minimum atomic E-state index is -4.41. The summed E-state index contributed by atoms with van der Waals surface area (Å²) >= 11 is 0. The standard InChI is InChI=1S/C14H17F3N2O3/c15-14(16,17)9-22-13-6-3-10(8-18-13)19-12(20)5-4-11-2-1-7-21-11/h3,6,8,11H,1-2,4-5,7,9H2,(H,19,20)/t11-/m1/s1. The van der Waals surface area contributed by atoms with Crippen molar-refractivity contribution >= 4 is 11.6 Å². The average molecular weight is 318 g/mol. The Morgan fingerprint density at radius 1 is 1.45 bits per heavy atom. The lowest BCUT2D eigenvalue weighted by atomic mass is 10.1. The number of hydrogen-bond acceptors (Lipinski definition) is 4. The normalized spacial score (nSPS) is 18.2. The van der Waals surface area contributed by atoms with Crippen molar-refractivity contribution < 1.29 is 27.4 Å². The first-order valence-corrected chi connectivity index (χ1v) is 6.99. The molecule has 2 rings (SSSR count). The van der Waals surface area contributed by atoms with Crippen LogP contribution in [-0.4, -0.2) is 36.4 Å². The number of ether oxygens (including phenoxy) is 2. The Hall–Kier alpha value is -1.83. The summed E-state index contributed by atoms with van der Waals surface area (Å²) in [5.74, 6) is -0.323. The Morgan fingerprint density at radius 3 is 2.86 bits per heavy atom. The molecule has 0 radical (unpaired) electrons. The minimum Gasteiger partial charge on any atom is -0.468 e. The number of halogens is 3. The molecule has 1 amide bonds. The third kappa shape index (κ3) is 5.88. The molecule has 0 aromatic carbocycles. The molecule has 1 aliphatic rings. The van der Waals surface area contributed by atoms with E-state index in [9.17, 15) is 18.0 Å². The molecule has 0 bridgehead atoms. The van der Waals surface area contributed by atoms with Crippen LogP contribution in [0.2, 0.25) is 0 Å². The van der Waals surface area contributed by atoms with Gasteiger partial charge in [0.1, 0.15) is 0 Å². The summed E-state index contributed by atoms with van der Waals surface area (Å²) in [5, 5.41) is 2.63. The van der Waals surface area contributed by atoms with Gasteiger partial charge in [-0.15, -0.1) is 0 Å². The van der Waals surface area contributed by atoms with Crippen LogP contribution in [0.4, 0.5) is 18.9 Å². The number of alkyl halides is 3. The first-order valence-electron chi connectivity index (χ1n) is 6.99. The van der Waals surface area contributed by atoms with Crippen molar-refractivity contribution in [1.29, 1.82) is 0 Å². The van der Waals surface area contributed by atoms with Crippen LogP contribution in [0.15, 0.2) is 18.3 Å². The summed E-state index contributed by atoms with van der Waals surface area (Å²) in [6.45, 7) is -0.650.